The second kappa shape index (κ2) is 7.44. The van der Waals surface area contributed by atoms with Crippen LogP contribution in [0.1, 0.15) is 29.6 Å². The predicted molar refractivity (Wildman–Crippen MR) is 82.4 cm³/mol. The van der Waals surface area contributed by atoms with Crippen LogP contribution in [0.2, 0.25) is 0 Å². The summed E-state index contributed by atoms with van der Waals surface area (Å²) >= 11 is 0. The summed E-state index contributed by atoms with van der Waals surface area (Å²) < 4.78 is 0. The number of nitrogens with zero attached hydrogens (tertiary/aromatic N) is 1. The van der Waals surface area contributed by atoms with E-state index in [1.807, 2.05) is 0 Å². The van der Waals surface area contributed by atoms with E-state index in [4.69, 9.17) is 5.73 Å². The molecule has 1 heterocycles. The Morgan fingerprint density at radius 3 is 2.59 bits per heavy atom. The van der Waals surface area contributed by atoms with E-state index in [2.05, 4.69) is 10.6 Å². The van der Waals surface area contributed by atoms with Gasteiger partial charge in [0.2, 0.25) is 5.91 Å². The molecule has 7 heteroatoms. The third kappa shape index (κ3) is 4.47. The second-order valence-corrected chi connectivity index (χ2v) is 5.18. The van der Waals surface area contributed by atoms with Gasteiger partial charge in [-0.25, -0.2) is 4.79 Å². The Kier molecular flexibility index (Phi) is 5.35. The third-order valence-electron chi connectivity index (χ3n) is 3.43. The molecule has 1 aliphatic heterocycles. The molecule has 0 aliphatic carbocycles. The number of hydrogen-bond donors (Lipinski definition) is 3. The Morgan fingerprint density at radius 2 is 1.91 bits per heavy atom. The van der Waals surface area contributed by atoms with Crippen LogP contribution in [-0.4, -0.2) is 42.4 Å². The zero-order valence-corrected chi connectivity index (χ0v) is 12.3. The smallest absolute Gasteiger partial charge is 0.321 e. The summed E-state index contributed by atoms with van der Waals surface area (Å²) in [6, 6.07) is 6.53. The number of urea groups is 1. The third-order valence-corrected chi connectivity index (χ3v) is 3.43. The lowest BCUT2D eigenvalue weighted by atomic mass is 10.2. The van der Waals surface area contributed by atoms with Crippen LogP contribution in [0.4, 0.5) is 10.5 Å². The molecule has 4 N–H and O–H groups in total. The van der Waals surface area contributed by atoms with Crippen molar-refractivity contribution in [2.24, 2.45) is 5.73 Å². The SMILES string of the molecule is NC(=O)CCNC(=O)c1cccc(NC(=O)N2CCCC2)c1. The van der Waals surface area contributed by atoms with Gasteiger partial charge in [-0.1, -0.05) is 6.07 Å². The zero-order chi connectivity index (χ0) is 15.9. The van der Waals surface area contributed by atoms with Gasteiger partial charge in [0.15, 0.2) is 0 Å². The van der Waals surface area contributed by atoms with Gasteiger partial charge in [0.25, 0.3) is 5.91 Å². The van der Waals surface area contributed by atoms with Crippen molar-refractivity contribution in [2.45, 2.75) is 19.3 Å². The highest BCUT2D eigenvalue weighted by Crippen LogP contribution is 2.14. The highest BCUT2D eigenvalue weighted by atomic mass is 16.2. The number of amides is 4. The van der Waals surface area contributed by atoms with Crippen molar-refractivity contribution >= 4 is 23.5 Å². The fraction of sp³-hybridized carbons (Fsp3) is 0.400. The van der Waals surface area contributed by atoms with Crippen LogP contribution in [0.25, 0.3) is 0 Å². The lowest BCUT2D eigenvalue weighted by Crippen LogP contribution is -2.32. The van der Waals surface area contributed by atoms with E-state index in [9.17, 15) is 14.4 Å². The van der Waals surface area contributed by atoms with E-state index in [1.54, 1.807) is 29.2 Å². The molecule has 1 aliphatic rings. The Bertz CT molecular complexity index is 568. The van der Waals surface area contributed by atoms with Crippen molar-refractivity contribution in [3.05, 3.63) is 29.8 Å². The minimum atomic E-state index is -0.466. The molecule has 1 aromatic rings. The van der Waals surface area contributed by atoms with Crippen LogP contribution in [0, 0.1) is 0 Å². The Morgan fingerprint density at radius 1 is 1.18 bits per heavy atom. The van der Waals surface area contributed by atoms with Crippen molar-refractivity contribution < 1.29 is 14.4 Å². The summed E-state index contributed by atoms with van der Waals surface area (Å²) in [5.74, 6) is -0.773. The molecule has 0 unspecified atom stereocenters. The average Bonchev–Trinajstić information content (AvgIpc) is 3.01. The summed E-state index contributed by atoms with van der Waals surface area (Å²) in [6.45, 7) is 1.72. The standard InChI is InChI=1S/C15H20N4O3/c16-13(20)6-7-17-14(21)11-4-3-5-12(10-11)18-15(22)19-8-1-2-9-19/h3-5,10H,1-2,6-9H2,(H2,16,20)(H,17,21)(H,18,22). The van der Waals surface area contributed by atoms with Crippen molar-refractivity contribution in [3.8, 4) is 0 Å². The lowest BCUT2D eigenvalue weighted by Gasteiger charge is -2.16. The summed E-state index contributed by atoms with van der Waals surface area (Å²) in [6.07, 6.45) is 2.14. The number of anilines is 1. The Balaban J connectivity index is 1.92. The van der Waals surface area contributed by atoms with Gasteiger partial charge >= 0.3 is 6.03 Å². The topological polar surface area (TPSA) is 105 Å². The van der Waals surface area contributed by atoms with Crippen molar-refractivity contribution in [1.29, 1.82) is 0 Å². The predicted octanol–water partition coefficient (Wildman–Crippen LogP) is 0.919. The fourth-order valence-corrected chi connectivity index (χ4v) is 2.26. The van der Waals surface area contributed by atoms with E-state index < -0.39 is 5.91 Å². The van der Waals surface area contributed by atoms with Crippen LogP contribution < -0.4 is 16.4 Å². The summed E-state index contributed by atoms with van der Waals surface area (Å²) in [4.78, 5) is 36.3. The summed E-state index contributed by atoms with van der Waals surface area (Å²) in [5, 5.41) is 5.39. The molecular formula is C15H20N4O3. The first-order valence-corrected chi connectivity index (χ1v) is 7.29. The van der Waals surface area contributed by atoms with Gasteiger partial charge in [0, 0.05) is 37.3 Å². The van der Waals surface area contributed by atoms with E-state index >= 15 is 0 Å². The normalized spacial score (nSPS) is 13.7. The molecule has 1 fully saturated rings. The fourth-order valence-electron chi connectivity index (χ4n) is 2.26. The van der Waals surface area contributed by atoms with Crippen LogP contribution >= 0.6 is 0 Å². The molecule has 0 radical (unpaired) electrons. The molecule has 0 aromatic heterocycles. The molecular weight excluding hydrogens is 284 g/mol. The number of hydrogen-bond acceptors (Lipinski definition) is 3. The number of likely N-dealkylation sites (tertiary alicyclic amines) is 1. The van der Waals surface area contributed by atoms with Crippen LogP contribution in [0.5, 0.6) is 0 Å². The molecule has 118 valence electrons. The quantitative estimate of drug-likeness (QED) is 0.753. The summed E-state index contributed by atoms with van der Waals surface area (Å²) in [5.41, 5.74) is 6.00. The van der Waals surface area contributed by atoms with E-state index in [-0.39, 0.29) is 24.9 Å². The van der Waals surface area contributed by atoms with Crippen LogP contribution in [-0.2, 0) is 4.79 Å². The van der Waals surface area contributed by atoms with E-state index in [0.29, 0.717) is 11.3 Å². The molecule has 0 spiro atoms. The lowest BCUT2D eigenvalue weighted by molar-refractivity contribution is -0.117. The monoisotopic (exact) mass is 304 g/mol. The Labute approximate surface area is 128 Å². The highest BCUT2D eigenvalue weighted by Gasteiger charge is 2.18. The molecule has 1 saturated heterocycles. The minimum Gasteiger partial charge on any atom is -0.370 e. The van der Waals surface area contributed by atoms with Gasteiger partial charge in [0.1, 0.15) is 0 Å². The molecule has 0 bridgehead atoms. The van der Waals surface area contributed by atoms with Crippen molar-refractivity contribution in [2.75, 3.05) is 25.0 Å². The Hall–Kier alpha value is -2.57. The maximum absolute atomic E-state index is 12.0. The van der Waals surface area contributed by atoms with Gasteiger partial charge in [-0.05, 0) is 31.0 Å². The van der Waals surface area contributed by atoms with Crippen molar-refractivity contribution in [3.63, 3.8) is 0 Å². The number of nitrogens with one attached hydrogen (secondary N) is 2. The van der Waals surface area contributed by atoms with Crippen LogP contribution in [0.15, 0.2) is 24.3 Å². The molecule has 7 nitrogen and oxygen atoms in total. The summed E-state index contributed by atoms with van der Waals surface area (Å²) in [7, 11) is 0. The molecule has 1 aromatic carbocycles. The largest absolute Gasteiger partial charge is 0.370 e. The number of carbonyl (C=O) groups is 3. The molecule has 2 rings (SSSR count). The number of nitrogens with two attached hydrogens (primary N) is 1. The minimum absolute atomic E-state index is 0.0944. The number of carbonyl (C=O) groups excluding carboxylic acids is 3. The van der Waals surface area contributed by atoms with Gasteiger partial charge in [0.05, 0.1) is 0 Å². The van der Waals surface area contributed by atoms with Crippen LogP contribution in [0.3, 0.4) is 0 Å². The van der Waals surface area contributed by atoms with E-state index in [0.717, 1.165) is 25.9 Å². The van der Waals surface area contributed by atoms with Gasteiger partial charge < -0.3 is 21.3 Å². The highest BCUT2D eigenvalue weighted by molar-refractivity contribution is 5.97. The zero-order valence-electron chi connectivity index (χ0n) is 12.3. The number of benzene rings is 1. The first-order chi connectivity index (χ1) is 10.6. The van der Waals surface area contributed by atoms with Crippen molar-refractivity contribution in [1.82, 2.24) is 10.2 Å². The first-order valence-electron chi connectivity index (χ1n) is 7.29. The van der Waals surface area contributed by atoms with Gasteiger partial charge in [-0.15, -0.1) is 0 Å². The molecule has 4 amide bonds. The number of rotatable bonds is 5. The average molecular weight is 304 g/mol. The molecule has 0 saturated carbocycles. The maximum atomic E-state index is 12.0. The number of primary amides is 1. The maximum Gasteiger partial charge on any atom is 0.321 e. The van der Waals surface area contributed by atoms with Gasteiger partial charge in [-0.2, -0.15) is 0 Å². The molecule has 22 heavy (non-hydrogen) atoms. The first kappa shape index (κ1) is 15.8. The molecule has 0 atom stereocenters. The van der Waals surface area contributed by atoms with E-state index in [1.165, 1.54) is 0 Å². The second-order valence-electron chi connectivity index (χ2n) is 5.18. The van der Waals surface area contributed by atoms with Gasteiger partial charge in [-0.3, -0.25) is 9.59 Å².